The van der Waals surface area contributed by atoms with Crippen LogP contribution in [0.25, 0.3) is 0 Å². The zero-order valence-electron chi connectivity index (χ0n) is 10.6. The molecule has 0 N–H and O–H groups in total. The van der Waals surface area contributed by atoms with Crippen LogP contribution in [0.15, 0.2) is 39.4 Å². The zero-order chi connectivity index (χ0) is 14.2. The Bertz CT molecular complexity index is 561. The van der Waals surface area contributed by atoms with Crippen LogP contribution in [0.2, 0.25) is 5.02 Å². The molecular weight excluding hydrogens is 324 g/mol. The van der Waals surface area contributed by atoms with Gasteiger partial charge in [0, 0.05) is 25.0 Å². The van der Waals surface area contributed by atoms with Crippen molar-refractivity contribution in [2.45, 2.75) is 12.3 Å². The van der Waals surface area contributed by atoms with E-state index in [0.717, 1.165) is 17.7 Å². The van der Waals surface area contributed by atoms with Crippen LogP contribution in [0.4, 0.5) is 5.69 Å². The molecule has 102 valence electrons. The average molecular weight is 337 g/mol. The Balaban J connectivity index is 2.53. The number of hydrogen-bond donors (Lipinski definition) is 0. The van der Waals surface area contributed by atoms with Gasteiger partial charge < -0.3 is 4.90 Å². The molecule has 0 spiro atoms. The molecule has 1 aromatic rings. The minimum atomic E-state index is -0.00670. The summed E-state index contributed by atoms with van der Waals surface area (Å²) < 4.78 is 0. The molecule has 1 atom stereocenters. The van der Waals surface area contributed by atoms with E-state index in [0.29, 0.717) is 20.1 Å². The van der Waals surface area contributed by atoms with Gasteiger partial charge in [-0.3, -0.25) is 0 Å². The van der Waals surface area contributed by atoms with Gasteiger partial charge in [0.25, 0.3) is 0 Å². The molecule has 1 nitrogen and oxygen atoms in total. The van der Waals surface area contributed by atoms with Crippen molar-refractivity contribution in [3.8, 4) is 0 Å². The van der Waals surface area contributed by atoms with Crippen molar-refractivity contribution in [1.82, 2.24) is 0 Å². The van der Waals surface area contributed by atoms with Crippen LogP contribution >= 0.6 is 46.4 Å². The van der Waals surface area contributed by atoms with Crippen LogP contribution in [0.3, 0.4) is 0 Å². The van der Waals surface area contributed by atoms with Gasteiger partial charge >= 0.3 is 0 Å². The number of rotatable bonds is 2. The number of nitrogens with zero attached hydrogens (tertiary/aromatic N) is 1. The molecule has 0 heterocycles. The molecule has 0 fully saturated rings. The Morgan fingerprint density at radius 2 is 1.79 bits per heavy atom. The minimum Gasteiger partial charge on any atom is -0.376 e. The standard InChI is InChI=1S/C14H13Cl4N/c1-19(2)14-9(4-3-5-11(14)16)8-6-7-10(15)13(18)12(8)17/h3-5,7-8H,6H2,1-2H3. The van der Waals surface area contributed by atoms with Crippen molar-refractivity contribution in [2.75, 3.05) is 19.0 Å². The lowest BCUT2D eigenvalue weighted by Gasteiger charge is -2.26. The molecule has 5 heteroatoms. The van der Waals surface area contributed by atoms with Gasteiger partial charge in [-0.05, 0) is 18.1 Å². The lowest BCUT2D eigenvalue weighted by molar-refractivity contribution is 0.827. The SMILES string of the molecule is CN(C)c1c(Cl)cccc1C1CC=C(Cl)C(Cl)=C1Cl. The van der Waals surface area contributed by atoms with Gasteiger partial charge in [-0.2, -0.15) is 0 Å². The van der Waals surface area contributed by atoms with Crippen LogP contribution in [0.5, 0.6) is 0 Å². The summed E-state index contributed by atoms with van der Waals surface area (Å²) in [6.07, 6.45) is 2.61. The Labute approximate surface area is 133 Å². The van der Waals surface area contributed by atoms with E-state index in [1.165, 1.54) is 0 Å². The fourth-order valence-corrected chi connectivity index (χ4v) is 3.34. The third-order valence-electron chi connectivity index (χ3n) is 3.10. The Hall–Kier alpha value is -0.340. The van der Waals surface area contributed by atoms with Gasteiger partial charge in [0.05, 0.1) is 20.8 Å². The number of para-hydroxylation sites is 1. The molecule has 0 saturated heterocycles. The van der Waals surface area contributed by atoms with Crippen LogP contribution in [-0.4, -0.2) is 14.1 Å². The van der Waals surface area contributed by atoms with Gasteiger partial charge in [0.15, 0.2) is 0 Å². The fourth-order valence-electron chi connectivity index (χ4n) is 2.23. The normalized spacial score (nSPS) is 19.5. The maximum absolute atomic E-state index is 6.35. The predicted octanol–water partition coefficient (Wildman–Crippen LogP) is 5.71. The number of benzene rings is 1. The van der Waals surface area contributed by atoms with E-state index < -0.39 is 0 Å². The van der Waals surface area contributed by atoms with Crippen LogP contribution in [-0.2, 0) is 0 Å². The van der Waals surface area contributed by atoms with Crippen molar-refractivity contribution in [2.24, 2.45) is 0 Å². The maximum atomic E-state index is 6.35. The zero-order valence-corrected chi connectivity index (χ0v) is 13.6. The second kappa shape index (κ2) is 5.97. The Morgan fingerprint density at radius 3 is 2.42 bits per heavy atom. The molecule has 2 rings (SSSR count). The molecule has 0 aromatic heterocycles. The minimum absolute atomic E-state index is 0.00670. The third kappa shape index (κ3) is 2.90. The van der Waals surface area contributed by atoms with Gasteiger partial charge in [-0.15, -0.1) is 0 Å². The highest BCUT2D eigenvalue weighted by Crippen LogP contribution is 2.45. The first kappa shape index (κ1) is 15.1. The molecule has 0 amide bonds. The van der Waals surface area contributed by atoms with Gasteiger partial charge in [0.1, 0.15) is 0 Å². The van der Waals surface area contributed by atoms with Crippen LogP contribution in [0.1, 0.15) is 17.9 Å². The van der Waals surface area contributed by atoms with Crippen molar-refractivity contribution < 1.29 is 0 Å². The summed E-state index contributed by atoms with van der Waals surface area (Å²) in [6.45, 7) is 0. The van der Waals surface area contributed by atoms with E-state index in [-0.39, 0.29) is 5.92 Å². The van der Waals surface area contributed by atoms with Gasteiger partial charge in [0.2, 0.25) is 0 Å². The second-order valence-corrected chi connectivity index (χ2v) is 6.17. The molecule has 1 unspecified atom stereocenters. The first-order chi connectivity index (χ1) is 8.93. The molecule has 0 radical (unpaired) electrons. The monoisotopic (exact) mass is 335 g/mol. The van der Waals surface area contributed by atoms with E-state index in [9.17, 15) is 0 Å². The molecule has 1 aliphatic rings. The Morgan fingerprint density at radius 1 is 1.11 bits per heavy atom. The molecule has 0 bridgehead atoms. The molecule has 1 aliphatic carbocycles. The van der Waals surface area contributed by atoms with Crippen LogP contribution in [0, 0.1) is 0 Å². The molecule has 1 aromatic carbocycles. The lowest BCUT2D eigenvalue weighted by Crippen LogP contribution is -2.15. The average Bonchev–Trinajstić information content (AvgIpc) is 2.35. The molecule has 0 aliphatic heterocycles. The quantitative estimate of drug-likeness (QED) is 0.669. The number of anilines is 1. The van der Waals surface area contributed by atoms with Crippen molar-refractivity contribution in [3.63, 3.8) is 0 Å². The highest BCUT2D eigenvalue weighted by Gasteiger charge is 2.26. The smallest absolute Gasteiger partial charge is 0.0740 e. The van der Waals surface area contributed by atoms with Gasteiger partial charge in [-0.25, -0.2) is 0 Å². The summed E-state index contributed by atoms with van der Waals surface area (Å²) in [4.78, 5) is 1.98. The van der Waals surface area contributed by atoms with E-state index >= 15 is 0 Å². The summed E-state index contributed by atoms with van der Waals surface area (Å²) in [5.41, 5.74) is 2.02. The summed E-state index contributed by atoms with van der Waals surface area (Å²) in [5, 5.41) is 2.20. The number of hydrogen-bond acceptors (Lipinski definition) is 1. The number of allylic oxidation sites excluding steroid dienone is 4. The number of halogens is 4. The highest BCUT2D eigenvalue weighted by atomic mass is 35.5. The largest absolute Gasteiger partial charge is 0.376 e. The van der Waals surface area contributed by atoms with Crippen molar-refractivity contribution in [1.29, 1.82) is 0 Å². The summed E-state index contributed by atoms with van der Waals surface area (Å²) in [7, 11) is 3.91. The van der Waals surface area contributed by atoms with E-state index in [4.69, 9.17) is 46.4 Å². The summed E-state index contributed by atoms with van der Waals surface area (Å²) >= 11 is 24.8. The molecule has 19 heavy (non-hydrogen) atoms. The maximum Gasteiger partial charge on any atom is 0.0740 e. The second-order valence-electron chi connectivity index (χ2n) is 4.57. The topological polar surface area (TPSA) is 3.24 Å². The highest BCUT2D eigenvalue weighted by molar-refractivity contribution is 6.48. The first-order valence-electron chi connectivity index (χ1n) is 5.80. The van der Waals surface area contributed by atoms with Crippen molar-refractivity contribution >= 4 is 52.1 Å². The van der Waals surface area contributed by atoms with Crippen molar-refractivity contribution in [3.05, 3.63) is 50.0 Å². The fraction of sp³-hybridized carbons (Fsp3) is 0.286. The first-order valence-corrected chi connectivity index (χ1v) is 7.31. The molecule has 0 saturated carbocycles. The lowest BCUT2D eigenvalue weighted by atomic mass is 9.90. The Kier molecular flexibility index (Phi) is 4.73. The predicted molar refractivity (Wildman–Crippen MR) is 85.8 cm³/mol. The summed E-state index contributed by atoms with van der Waals surface area (Å²) in [6, 6.07) is 5.80. The third-order valence-corrected chi connectivity index (χ3v) is 4.80. The van der Waals surface area contributed by atoms with E-state index in [1.807, 2.05) is 43.3 Å². The van der Waals surface area contributed by atoms with E-state index in [1.54, 1.807) is 0 Å². The molecular formula is C14H13Cl4N. The van der Waals surface area contributed by atoms with E-state index in [2.05, 4.69) is 0 Å². The summed E-state index contributed by atoms with van der Waals surface area (Å²) in [5.74, 6) is -0.00670. The van der Waals surface area contributed by atoms with Crippen LogP contribution < -0.4 is 4.90 Å². The van der Waals surface area contributed by atoms with Gasteiger partial charge in [-0.1, -0.05) is 64.6 Å².